The maximum atomic E-state index is 11.4. The van der Waals surface area contributed by atoms with Crippen LogP contribution in [0.2, 0.25) is 0 Å². The van der Waals surface area contributed by atoms with Crippen LogP contribution >= 0.6 is 0 Å². The normalized spacial score (nSPS) is 11.8. The van der Waals surface area contributed by atoms with Crippen molar-refractivity contribution < 1.29 is 18.8 Å². The van der Waals surface area contributed by atoms with Gasteiger partial charge in [0, 0.05) is 12.0 Å². The molecule has 0 aliphatic heterocycles. The van der Waals surface area contributed by atoms with Crippen LogP contribution in [0, 0.1) is 12.8 Å². The Kier molecular flexibility index (Phi) is 6.09. The van der Waals surface area contributed by atoms with Gasteiger partial charge in [-0.3, -0.25) is 0 Å². The minimum absolute atomic E-state index is 0.125. The lowest BCUT2D eigenvalue weighted by atomic mass is 10.1. The lowest BCUT2D eigenvalue weighted by molar-refractivity contribution is 0.0552. The Morgan fingerprint density at radius 3 is 2.80 bits per heavy atom. The Balaban J connectivity index is 2.50. The highest BCUT2D eigenvalue weighted by Crippen LogP contribution is 2.16. The third-order valence-electron chi connectivity index (χ3n) is 2.71. The molecule has 1 heterocycles. The van der Waals surface area contributed by atoms with Crippen LogP contribution in [0.4, 0.5) is 0 Å². The fraction of sp³-hybridized carbons (Fsp3) is 0.571. The van der Waals surface area contributed by atoms with E-state index in [1.54, 1.807) is 13.0 Å². The number of carbonyl (C=O) groups excluding carboxylic acids is 1. The van der Waals surface area contributed by atoms with Crippen molar-refractivity contribution >= 4 is 11.8 Å². The Morgan fingerprint density at radius 1 is 1.50 bits per heavy atom. The highest BCUT2D eigenvalue weighted by Gasteiger charge is 2.16. The first-order chi connectivity index (χ1) is 9.43. The maximum absolute atomic E-state index is 11.4. The van der Waals surface area contributed by atoms with Crippen LogP contribution in [0.3, 0.4) is 0 Å². The average Bonchev–Trinajstić information content (AvgIpc) is 2.76. The predicted molar refractivity (Wildman–Crippen MR) is 75.3 cm³/mol. The molecular formula is C14H22N2O4. The quantitative estimate of drug-likeness (QED) is 0.359. The Morgan fingerprint density at radius 2 is 2.20 bits per heavy atom. The van der Waals surface area contributed by atoms with Crippen LogP contribution in [-0.4, -0.2) is 18.9 Å². The molecule has 0 spiro atoms. The SMILES string of the molecule is COC(=O)c1oc(CO/N=C(\N)CCC(C)C)cc1C. The van der Waals surface area contributed by atoms with E-state index in [9.17, 15) is 4.79 Å². The molecule has 1 rings (SSSR count). The van der Waals surface area contributed by atoms with E-state index < -0.39 is 5.97 Å². The third-order valence-corrected chi connectivity index (χ3v) is 2.71. The molecule has 112 valence electrons. The molecule has 0 aromatic carbocycles. The van der Waals surface area contributed by atoms with Crippen molar-refractivity contribution in [3.05, 3.63) is 23.2 Å². The van der Waals surface area contributed by atoms with Crippen molar-refractivity contribution in [3.8, 4) is 0 Å². The van der Waals surface area contributed by atoms with Gasteiger partial charge < -0.3 is 19.7 Å². The van der Waals surface area contributed by atoms with Gasteiger partial charge in [-0.15, -0.1) is 0 Å². The van der Waals surface area contributed by atoms with Gasteiger partial charge in [-0.25, -0.2) is 4.79 Å². The van der Waals surface area contributed by atoms with Crippen LogP contribution < -0.4 is 5.73 Å². The molecule has 0 bridgehead atoms. The number of methoxy groups -OCH3 is 1. The summed E-state index contributed by atoms with van der Waals surface area (Å²) in [5.74, 6) is 1.20. The molecule has 0 saturated carbocycles. The van der Waals surface area contributed by atoms with Gasteiger partial charge in [-0.1, -0.05) is 19.0 Å². The highest BCUT2D eigenvalue weighted by molar-refractivity contribution is 5.87. The van der Waals surface area contributed by atoms with Crippen molar-refractivity contribution in [2.24, 2.45) is 16.8 Å². The molecule has 1 aromatic heterocycles. The van der Waals surface area contributed by atoms with Crippen molar-refractivity contribution in [1.29, 1.82) is 0 Å². The van der Waals surface area contributed by atoms with Gasteiger partial charge in [0.2, 0.25) is 5.76 Å². The van der Waals surface area contributed by atoms with Gasteiger partial charge in [0.05, 0.1) is 7.11 Å². The number of nitrogens with zero attached hydrogens (tertiary/aromatic N) is 1. The standard InChI is InChI=1S/C14H22N2O4/c1-9(2)5-6-12(15)16-19-8-11-7-10(3)13(20-11)14(17)18-4/h7,9H,5-6,8H2,1-4H3,(H2,15,16). The first-order valence-corrected chi connectivity index (χ1v) is 6.56. The maximum Gasteiger partial charge on any atom is 0.374 e. The van der Waals surface area contributed by atoms with Crippen molar-refractivity contribution in [3.63, 3.8) is 0 Å². The van der Waals surface area contributed by atoms with E-state index in [0.29, 0.717) is 29.5 Å². The zero-order chi connectivity index (χ0) is 15.1. The molecule has 0 amide bonds. The number of rotatable bonds is 7. The summed E-state index contributed by atoms with van der Waals surface area (Å²) in [4.78, 5) is 16.5. The van der Waals surface area contributed by atoms with Gasteiger partial charge in [-0.2, -0.15) is 0 Å². The summed E-state index contributed by atoms with van der Waals surface area (Å²) in [5.41, 5.74) is 6.41. The number of furan rings is 1. The molecule has 6 heteroatoms. The number of esters is 1. The fourth-order valence-corrected chi connectivity index (χ4v) is 1.58. The van der Waals surface area contributed by atoms with Crippen molar-refractivity contribution in [2.75, 3.05) is 7.11 Å². The molecule has 0 fully saturated rings. The van der Waals surface area contributed by atoms with E-state index in [-0.39, 0.29) is 12.4 Å². The van der Waals surface area contributed by atoms with Gasteiger partial charge >= 0.3 is 5.97 Å². The highest BCUT2D eigenvalue weighted by atomic mass is 16.6. The zero-order valence-electron chi connectivity index (χ0n) is 12.4. The van der Waals surface area contributed by atoms with E-state index in [4.69, 9.17) is 15.0 Å². The van der Waals surface area contributed by atoms with E-state index in [2.05, 4.69) is 23.7 Å². The Labute approximate surface area is 118 Å². The van der Waals surface area contributed by atoms with Crippen LogP contribution in [0.25, 0.3) is 0 Å². The second-order valence-electron chi connectivity index (χ2n) is 5.01. The van der Waals surface area contributed by atoms with Crippen LogP contribution in [0.15, 0.2) is 15.6 Å². The van der Waals surface area contributed by atoms with Crippen LogP contribution in [0.1, 0.15) is 48.6 Å². The summed E-state index contributed by atoms with van der Waals surface area (Å²) in [6.45, 7) is 6.13. The lowest BCUT2D eigenvalue weighted by Crippen LogP contribution is -2.13. The van der Waals surface area contributed by atoms with Gasteiger partial charge in [0.15, 0.2) is 6.61 Å². The number of hydrogen-bond acceptors (Lipinski definition) is 5. The fourth-order valence-electron chi connectivity index (χ4n) is 1.58. The number of aryl methyl sites for hydroxylation is 1. The van der Waals surface area contributed by atoms with Crippen molar-refractivity contribution in [2.45, 2.75) is 40.2 Å². The first-order valence-electron chi connectivity index (χ1n) is 6.56. The smallest absolute Gasteiger partial charge is 0.374 e. The minimum Gasteiger partial charge on any atom is -0.463 e. The van der Waals surface area contributed by atoms with E-state index in [0.717, 1.165) is 6.42 Å². The largest absolute Gasteiger partial charge is 0.463 e. The summed E-state index contributed by atoms with van der Waals surface area (Å²) in [7, 11) is 1.31. The second-order valence-corrected chi connectivity index (χ2v) is 5.01. The summed E-state index contributed by atoms with van der Waals surface area (Å²) in [6.07, 6.45) is 1.66. The summed E-state index contributed by atoms with van der Waals surface area (Å²) < 4.78 is 9.94. The van der Waals surface area contributed by atoms with Gasteiger partial charge in [0.25, 0.3) is 0 Å². The summed E-state index contributed by atoms with van der Waals surface area (Å²) in [6, 6.07) is 1.71. The van der Waals surface area contributed by atoms with Gasteiger partial charge in [-0.05, 0) is 25.3 Å². The molecule has 1 aromatic rings. The molecule has 20 heavy (non-hydrogen) atoms. The molecule has 0 aliphatic rings. The topological polar surface area (TPSA) is 87.0 Å². The second kappa shape index (κ2) is 7.57. The Hall–Kier alpha value is -1.98. The lowest BCUT2D eigenvalue weighted by Gasteiger charge is -2.03. The number of nitrogens with two attached hydrogens (primary N) is 1. The average molecular weight is 282 g/mol. The summed E-state index contributed by atoms with van der Waals surface area (Å²) in [5, 5.41) is 3.81. The number of ether oxygens (including phenoxy) is 1. The van der Waals surface area contributed by atoms with E-state index >= 15 is 0 Å². The summed E-state index contributed by atoms with van der Waals surface area (Å²) >= 11 is 0. The molecule has 0 aliphatic carbocycles. The molecule has 2 N–H and O–H groups in total. The number of amidine groups is 1. The van der Waals surface area contributed by atoms with E-state index in [1.165, 1.54) is 7.11 Å². The number of carbonyl (C=O) groups is 1. The molecule has 0 atom stereocenters. The molecule has 6 nitrogen and oxygen atoms in total. The predicted octanol–water partition coefficient (Wildman–Crippen LogP) is 2.60. The number of hydrogen-bond donors (Lipinski definition) is 1. The number of oxime groups is 1. The van der Waals surface area contributed by atoms with Crippen molar-refractivity contribution in [1.82, 2.24) is 0 Å². The van der Waals surface area contributed by atoms with Crippen LogP contribution in [-0.2, 0) is 16.2 Å². The zero-order valence-corrected chi connectivity index (χ0v) is 12.4. The molecule has 0 radical (unpaired) electrons. The van der Waals surface area contributed by atoms with Gasteiger partial charge in [0.1, 0.15) is 11.6 Å². The van der Waals surface area contributed by atoms with Crippen LogP contribution in [0.5, 0.6) is 0 Å². The third kappa shape index (κ3) is 4.95. The molecule has 0 saturated heterocycles. The minimum atomic E-state index is -0.506. The molecular weight excluding hydrogens is 260 g/mol. The molecule has 0 unspecified atom stereocenters. The Bertz CT molecular complexity index is 478. The first kappa shape index (κ1) is 16.1. The van der Waals surface area contributed by atoms with E-state index in [1.807, 2.05) is 0 Å². The monoisotopic (exact) mass is 282 g/mol.